The van der Waals surface area contributed by atoms with E-state index in [1.807, 2.05) is 180 Å². The Morgan fingerprint density at radius 1 is 0.429 bits per heavy atom. The smallest absolute Gasteiger partial charge is 0.288 e. The van der Waals surface area contributed by atoms with Crippen molar-refractivity contribution in [2.24, 2.45) is 0 Å². The van der Waals surface area contributed by atoms with Gasteiger partial charge >= 0.3 is 0 Å². The zero-order chi connectivity index (χ0) is 14.5. The van der Waals surface area contributed by atoms with Crippen LogP contribution in [0.15, 0.2) is 63.5 Å². The van der Waals surface area contributed by atoms with Crippen molar-refractivity contribution in [3.8, 4) is 0 Å². The Bertz CT molecular complexity index is 228. The van der Waals surface area contributed by atoms with Crippen LogP contribution in [0.2, 0.25) is 0 Å². The summed E-state index contributed by atoms with van der Waals surface area (Å²) in [7, 11) is 0. The molecule has 0 atom stereocenters. The summed E-state index contributed by atoms with van der Waals surface area (Å²) in [6.07, 6.45) is 12.1. The van der Waals surface area contributed by atoms with Crippen LogP contribution in [0, 0.1) is 0 Å². The number of hydrogen-bond donors (Lipinski definition) is 0. The normalized spacial score (nSPS) is 9.86. The van der Waals surface area contributed by atoms with Crippen molar-refractivity contribution in [3.63, 3.8) is 0 Å². The molecule has 0 aliphatic heterocycles. The van der Waals surface area contributed by atoms with Crippen molar-refractivity contribution in [3.05, 3.63) is 63.5 Å². The number of rotatable bonds is 3. The highest BCUT2D eigenvalue weighted by Crippen LogP contribution is 1.63. The summed E-state index contributed by atoms with van der Waals surface area (Å²) in [4.78, 5) is 6.09. The highest BCUT2D eigenvalue weighted by atomic mass is 127. The maximum atomic E-state index is 2.03. The van der Waals surface area contributed by atoms with E-state index in [9.17, 15) is 0 Å². The van der Waals surface area contributed by atoms with Gasteiger partial charge < -0.3 is 16.4 Å². The van der Waals surface area contributed by atoms with Gasteiger partial charge in [0.05, 0.1) is 0 Å². The lowest BCUT2D eigenvalue weighted by Gasteiger charge is -1.56. The zero-order valence-electron chi connectivity index (χ0n) is 11.6. The summed E-state index contributed by atoms with van der Waals surface area (Å²) in [6.45, 7) is 0. The van der Waals surface area contributed by atoms with Crippen molar-refractivity contribution in [2.75, 3.05) is 0 Å². The molecule has 0 rings (SSSR count). The summed E-state index contributed by atoms with van der Waals surface area (Å²) in [6, 6.07) is 0. The van der Waals surface area contributed by atoms with E-state index >= 15 is 0 Å². The third-order valence-electron chi connectivity index (χ3n) is 0.977. The zero-order valence-corrected chi connectivity index (χ0v) is 22.8. The van der Waals surface area contributed by atoms with Gasteiger partial charge in [0, 0.05) is 0 Å². The van der Waals surface area contributed by atoms with Gasteiger partial charge in [0.15, 0.2) is 12.2 Å². The molecule has 3 radical (unpaired) electrons. The monoisotopic (exact) mass is 675 g/mol. The molecule has 0 aliphatic rings. The topological polar surface area (TPSA) is 90.0 Å². The Balaban J connectivity index is -0.0000000375. The van der Waals surface area contributed by atoms with E-state index in [0.717, 1.165) is 0 Å². The highest BCUT2D eigenvalue weighted by molar-refractivity contribution is 6.17. The van der Waals surface area contributed by atoms with Crippen molar-refractivity contribution >= 4 is 48.9 Å². The highest BCUT2D eigenvalue weighted by Gasteiger charge is 1.60. The molecule has 0 amide bonds. The molecule has 0 aromatic rings. The maximum absolute atomic E-state index is 2.03. The quantitative estimate of drug-likeness (QED) is 0.169. The van der Waals surface area contributed by atoms with Crippen LogP contribution < -0.4 is 67.8 Å². The molecule has 0 saturated carbocycles. The van der Waals surface area contributed by atoms with Crippen molar-refractivity contribution in [1.82, 2.24) is 0 Å². The van der Waals surface area contributed by atoms with Gasteiger partial charge in [-0.25, -0.2) is 0 Å². The largest absolute Gasteiger partial charge is 0.870 e. The van der Waals surface area contributed by atoms with Gasteiger partial charge in [0.25, 0.3) is 67.8 Å². The first kappa shape index (κ1) is 38.6. The van der Waals surface area contributed by atoms with Gasteiger partial charge in [-0.2, -0.15) is 14.8 Å². The van der Waals surface area contributed by atoms with E-state index in [0.29, 0.717) is 0 Å². The lowest BCUT2D eigenvalue weighted by atomic mass is 10.6. The molecule has 0 aliphatic carbocycles. The van der Waals surface area contributed by atoms with Crippen LogP contribution in [0.1, 0.15) is 0 Å². The van der Waals surface area contributed by atoms with Crippen LogP contribution in [0.5, 0.6) is 0 Å². The average Bonchev–Trinajstić information content (AvgIpc) is 2.42. The van der Waals surface area contributed by atoms with Crippen LogP contribution in [0.4, 0.5) is 0 Å². The van der Waals surface area contributed by atoms with Crippen molar-refractivity contribution in [1.29, 1.82) is 0 Å². The van der Waals surface area contributed by atoms with E-state index < -0.39 is 0 Å². The van der Waals surface area contributed by atoms with Crippen molar-refractivity contribution < 1.29 is 84.2 Å². The fraction of sp³-hybridized carbons (Fsp3) is 0. The Kier molecular flexibility index (Phi) is 90.9. The lowest BCUT2D eigenvalue weighted by molar-refractivity contribution is -0.275. The van der Waals surface area contributed by atoms with Gasteiger partial charge in [-0.1, -0.05) is 18.2 Å². The SMILES string of the molecule is [AlH][CH]=CC=C[IH+].[AlH][CH]=CC=C[IH+].[AlH][CH]=CC=C[IH+].[OH-].[OH-].[OH-]. The van der Waals surface area contributed by atoms with Gasteiger partial charge in [-0.3, -0.25) is 0 Å². The molecule has 0 unspecified atom stereocenters. The summed E-state index contributed by atoms with van der Waals surface area (Å²) in [5, 5.41) is 0. The molecule has 21 heavy (non-hydrogen) atoms. The molecule has 0 aromatic carbocycles. The maximum Gasteiger partial charge on any atom is 0.288 e. The van der Waals surface area contributed by atoms with Gasteiger partial charge in [0.2, 0.25) is 48.9 Å². The predicted octanol–water partition coefficient (Wildman–Crippen LogP) is -8.93. The summed E-state index contributed by atoms with van der Waals surface area (Å²) in [5.74, 6) is 0. The van der Waals surface area contributed by atoms with Crippen LogP contribution in [-0.4, -0.2) is 65.3 Å². The number of allylic oxidation sites excluding steroid dienone is 6. The van der Waals surface area contributed by atoms with Crippen LogP contribution >= 0.6 is 0 Å². The number of hydrogen-bond acceptors (Lipinski definition) is 3. The molecule has 0 fully saturated rings. The molecule has 0 aromatic heterocycles. The molecule has 3 N–H and O–H groups in total. The fourth-order valence-corrected chi connectivity index (χ4v) is 1.62. The van der Waals surface area contributed by atoms with E-state index in [1.54, 1.807) is 0 Å². The predicted molar refractivity (Wildman–Crippen MR) is 86.3 cm³/mol. The summed E-state index contributed by atoms with van der Waals surface area (Å²) >= 11 is 11.3. The van der Waals surface area contributed by atoms with Crippen LogP contribution in [0.3, 0.4) is 0 Å². The Morgan fingerprint density at radius 3 is 0.667 bits per heavy atom. The lowest BCUT2D eigenvalue weighted by Crippen LogP contribution is -3.30. The first-order valence-electron chi connectivity index (χ1n) is 4.93. The minimum absolute atomic E-state index is 0. The molecular weight excluding hydrogens is 654 g/mol. The van der Waals surface area contributed by atoms with E-state index in [4.69, 9.17) is 0 Å². The molecule has 9 heteroatoms. The second-order valence-electron chi connectivity index (χ2n) is 2.27. The molecule has 3 nitrogen and oxygen atoms in total. The molecule has 117 valence electrons. The summed E-state index contributed by atoms with van der Waals surface area (Å²) < 4.78 is 6.04. The second-order valence-corrected chi connectivity index (χ2v) is 6.01. The Labute approximate surface area is 193 Å². The van der Waals surface area contributed by atoms with Crippen LogP contribution in [0.25, 0.3) is 0 Å². The molecule has 0 saturated heterocycles. The average molecular weight is 675 g/mol. The van der Waals surface area contributed by atoms with Gasteiger partial charge in [0.1, 0.15) is 0 Å². The third kappa shape index (κ3) is 72.4. The third-order valence-corrected chi connectivity index (χ3v) is 3.14. The van der Waals surface area contributed by atoms with E-state index in [2.05, 4.69) is 0 Å². The first-order chi connectivity index (χ1) is 8.74. The van der Waals surface area contributed by atoms with E-state index in [-0.39, 0.29) is 16.4 Å². The minimum atomic E-state index is 0. The standard InChI is InChI=1S/3C4H5I.3Al.3H2O.3H/c3*1-2-3-4-5;;;;;;;;;/h3*1-5H;;;;3*1H2;;;/q3*+1;;;;;;;;;/p-3. The van der Waals surface area contributed by atoms with E-state index in [1.165, 1.54) is 0 Å². The van der Waals surface area contributed by atoms with Crippen LogP contribution in [-0.2, 0) is 0 Å². The molecular formula is C12H21Al3I3O3. The second kappa shape index (κ2) is 49.5. The Morgan fingerprint density at radius 2 is 0.619 bits per heavy atom. The minimum Gasteiger partial charge on any atom is -0.870 e. The number of halogens is 3. The van der Waals surface area contributed by atoms with Crippen molar-refractivity contribution in [2.45, 2.75) is 0 Å². The first-order valence-corrected chi connectivity index (χ1v) is 11.4. The fourth-order valence-electron chi connectivity index (χ4n) is 0.372. The molecule has 0 bridgehead atoms. The summed E-state index contributed by atoms with van der Waals surface area (Å²) in [5.41, 5.74) is 0. The van der Waals surface area contributed by atoms with Gasteiger partial charge in [-0.05, 0) is 18.2 Å². The Hall–Kier alpha value is 2.11. The van der Waals surface area contributed by atoms with Gasteiger partial charge in [-0.15, -0.1) is 0 Å². The molecule has 0 heterocycles. The molecule has 0 spiro atoms.